The molecule has 0 aromatic rings. The van der Waals surface area contributed by atoms with Gasteiger partial charge in [-0.25, -0.2) is 0 Å². The lowest BCUT2D eigenvalue weighted by Crippen LogP contribution is -2.10. The molecular weight excluding hydrogens is 136 g/mol. The third-order valence-electron chi connectivity index (χ3n) is 2.84. The summed E-state index contributed by atoms with van der Waals surface area (Å²) in [6, 6.07) is 0. The molecule has 11 heavy (non-hydrogen) atoms. The van der Waals surface area contributed by atoms with Gasteiger partial charge in [-0.2, -0.15) is 0 Å². The van der Waals surface area contributed by atoms with Gasteiger partial charge in [-0.3, -0.25) is 0 Å². The van der Waals surface area contributed by atoms with Crippen LogP contribution in [0, 0.1) is 11.8 Å². The number of hydrogen-bond acceptors (Lipinski definition) is 1. The predicted molar refractivity (Wildman–Crippen MR) is 45.2 cm³/mol. The molecule has 0 aromatic carbocycles. The van der Waals surface area contributed by atoms with Gasteiger partial charge in [0.05, 0.1) is 5.60 Å². The Morgan fingerprint density at radius 3 is 2.55 bits per heavy atom. The SMILES string of the molecule is CC(C)=CC1CC1C1(O)CC1. The highest BCUT2D eigenvalue weighted by Gasteiger charge is 2.57. The van der Waals surface area contributed by atoms with Gasteiger partial charge in [0.15, 0.2) is 0 Å². The normalized spacial score (nSPS) is 38.1. The maximum atomic E-state index is 9.72. The Labute approximate surface area is 68.1 Å². The van der Waals surface area contributed by atoms with Crippen LogP contribution in [-0.2, 0) is 0 Å². The van der Waals surface area contributed by atoms with Gasteiger partial charge >= 0.3 is 0 Å². The summed E-state index contributed by atoms with van der Waals surface area (Å²) in [6.45, 7) is 4.26. The fourth-order valence-electron chi connectivity index (χ4n) is 1.94. The van der Waals surface area contributed by atoms with Crippen molar-refractivity contribution in [1.29, 1.82) is 0 Å². The smallest absolute Gasteiger partial charge is 0.0683 e. The maximum absolute atomic E-state index is 9.72. The van der Waals surface area contributed by atoms with Crippen LogP contribution in [0.15, 0.2) is 11.6 Å². The highest BCUT2D eigenvalue weighted by molar-refractivity contribution is 5.16. The predicted octanol–water partition coefficient (Wildman–Crippen LogP) is 2.11. The van der Waals surface area contributed by atoms with Crippen LogP contribution in [0.4, 0.5) is 0 Å². The molecule has 1 nitrogen and oxygen atoms in total. The summed E-state index contributed by atoms with van der Waals surface area (Å²) in [5, 5.41) is 9.72. The Kier molecular flexibility index (Phi) is 1.40. The third-order valence-corrected chi connectivity index (χ3v) is 2.84. The minimum absolute atomic E-state index is 0.226. The van der Waals surface area contributed by atoms with Crippen molar-refractivity contribution < 1.29 is 5.11 Å². The molecule has 0 amide bonds. The number of aliphatic hydroxyl groups is 1. The number of allylic oxidation sites excluding steroid dienone is 2. The van der Waals surface area contributed by atoms with Gasteiger partial charge in [-0.15, -0.1) is 0 Å². The Hall–Kier alpha value is -0.300. The molecule has 0 bridgehead atoms. The van der Waals surface area contributed by atoms with E-state index in [1.807, 2.05) is 0 Å². The number of rotatable bonds is 2. The Morgan fingerprint density at radius 1 is 1.45 bits per heavy atom. The standard InChI is InChI=1S/C10H16O/c1-7(2)5-8-6-9(8)10(11)3-4-10/h5,8-9,11H,3-4,6H2,1-2H3. The zero-order valence-corrected chi connectivity index (χ0v) is 7.30. The van der Waals surface area contributed by atoms with E-state index in [-0.39, 0.29) is 5.60 Å². The van der Waals surface area contributed by atoms with Crippen LogP contribution in [-0.4, -0.2) is 10.7 Å². The van der Waals surface area contributed by atoms with E-state index in [0.29, 0.717) is 11.8 Å². The lowest BCUT2D eigenvalue weighted by molar-refractivity contribution is 0.122. The molecule has 0 spiro atoms. The van der Waals surface area contributed by atoms with Gasteiger partial charge in [0.2, 0.25) is 0 Å². The number of hydrogen-bond donors (Lipinski definition) is 1. The van der Waals surface area contributed by atoms with Crippen molar-refractivity contribution >= 4 is 0 Å². The largest absolute Gasteiger partial charge is 0.390 e. The third kappa shape index (κ3) is 1.34. The molecular formula is C10H16O. The zero-order valence-electron chi connectivity index (χ0n) is 7.30. The maximum Gasteiger partial charge on any atom is 0.0683 e. The first-order valence-electron chi connectivity index (χ1n) is 4.49. The molecule has 2 fully saturated rings. The summed E-state index contributed by atoms with van der Waals surface area (Å²) >= 11 is 0. The molecule has 0 aliphatic heterocycles. The summed E-state index contributed by atoms with van der Waals surface area (Å²) in [4.78, 5) is 0. The van der Waals surface area contributed by atoms with E-state index in [0.717, 1.165) is 12.8 Å². The molecule has 2 atom stereocenters. The van der Waals surface area contributed by atoms with E-state index < -0.39 is 0 Å². The van der Waals surface area contributed by atoms with Gasteiger partial charge in [0.25, 0.3) is 0 Å². The van der Waals surface area contributed by atoms with Crippen LogP contribution in [0.5, 0.6) is 0 Å². The summed E-state index contributed by atoms with van der Waals surface area (Å²) in [5.74, 6) is 1.31. The first-order valence-corrected chi connectivity index (χ1v) is 4.49. The highest BCUT2D eigenvalue weighted by atomic mass is 16.3. The fraction of sp³-hybridized carbons (Fsp3) is 0.800. The van der Waals surface area contributed by atoms with Crippen LogP contribution in [0.3, 0.4) is 0 Å². The van der Waals surface area contributed by atoms with E-state index >= 15 is 0 Å². The van der Waals surface area contributed by atoms with E-state index in [9.17, 15) is 5.11 Å². The van der Waals surface area contributed by atoms with Crippen molar-refractivity contribution in [3.63, 3.8) is 0 Å². The minimum atomic E-state index is -0.226. The van der Waals surface area contributed by atoms with Gasteiger partial charge in [-0.05, 0) is 44.9 Å². The highest BCUT2D eigenvalue weighted by Crippen LogP contribution is 2.58. The average Bonchev–Trinajstić information content (AvgIpc) is 2.68. The van der Waals surface area contributed by atoms with Crippen LogP contribution >= 0.6 is 0 Å². The monoisotopic (exact) mass is 152 g/mol. The molecule has 0 aromatic heterocycles. The van der Waals surface area contributed by atoms with Gasteiger partial charge in [0.1, 0.15) is 0 Å². The van der Waals surface area contributed by atoms with E-state index in [1.54, 1.807) is 0 Å². The molecule has 0 saturated heterocycles. The van der Waals surface area contributed by atoms with E-state index in [1.165, 1.54) is 12.0 Å². The molecule has 2 aliphatic carbocycles. The van der Waals surface area contributed by atoms with E-state index in [4.69, 9.17) is 0 Å². The van der Waals surface area contributed by atoms with Crippen molar-refractivity contribution in [2.24, 2.45) is 11.8 Å². The molecule has 62 valence electrons. The van der Waals surface area contributed by atoms with Crippen molar-refractivity contribution in [1.82, 2.24) is 0 Å². The molecule has 2 rings (SSSR count). The second-order valence-electron chi connectivity index (χ2n) is 4.35. The Bertz CT molecular complexity index is 197. The van der Waals surface area contributed by atoms with Crippen LogP contribution < -0.4 is 0 Å². The van der Waals surface area contributed by atoms with Crippen LogP contribution in [0.1, 0.15) is 33.1 Å². The quantitative estimate of drug-likeness (QED) is 0.601. The van der Waals surface area contributed by atoms with Gasteiger partial charge in [0, 0.05) is 0 Å². The molecule has 0 radical (unpaired) electrons. The lowest BCUT2D eigenvalue weighted by Gasteiger charge is -2.03. The molecule has 2 unspecified atom stereocenters. The molecule has 1 heteroatoms. The minimum Gasteiger partial charge on any atom is -0.390 e. The zero-order chi connectivity index (χ0) is 8.06. The summed E-state index contributed by atoms with van der Waals surface area (Å²) in [7, 11) is 0. The van der Waals surface area contributed by atoms with Crippen LogP contribution in [0.2, 0.25) is 0 Å². The van der Waals surface area contributed by atoms with Crippen molar-refractivity contribution in [2.75, 3.05) is 0 Å². The summed E-state index contributed by atoms with van der Waals surface area (Å²) in [5.41, 5.74) is 1.16. The molecule has 2 aliphatic rings. The van der Waals surface area contributed by atoms with Crippen molar-refractivity contribution in [3.05, 3.63) is 11.6 Å². The van der Waals surface area contributed by atoms with Gasteiger partial charge < -0.3 is 5.11 Å². The fourth-order valence-corrected chi connectivity index (χ4v) is 1.94. The molecule has 1 N–H and O–H groups in total. The first kappa shape index (κ1) is 7.35. The average molecular weight is 152 g/mol. The van der Waals surface area contributed by atoms with Crippen molar-refractivity contribution in [3.8, 4) is 0 Å². The Morgan fingerprint density at radius 2 is 2.09 bits per heavy atom. The Balaban J connectivity index is 1.91. The topological polar surface area (TPSA) is 20.2 Å². The second-order valence-corrected chi connectivity index (χ2v) is 4.35. The van der Waals surface area contributed by atoms with E-state index in [2.05, 4.69) is 19.9 Å². The van der Waals surface area contributed by atoms with Crippen LogP contribution in [0.25, 0.3) is 0 Å². The first-order chi connectivity index (χ1) is 5.12. The summed E-state index contributed by atoms with van der Waals surface area (Å²) < 4.78 is 0. The molecule has 2 saturated carbocycles. The summed E-state index contributed by atoms with van der Waals surface area (Å²) in [6.07, 6.45) is 5.62. The lowest BCUT2D eigenvalue weighted by atomic mass is 10.1. The van der Waals surface area contributed by atoms with Gasteiger partial charge in [-0.1, -0.05) is 11.6 Å². The van der Waals surface area contributed by atoms with Crippen molar-refractivity contribution in [2.45, 2.75) is 38.7 Å². The second kappa shape index (κ2) is 2.10. The molecule has 0 heterocycles.